The molecule has 3 aromatic rings. The average Bonchev–Trinajstić information content (AvgIpc) is 3.40. The van der Waals surface area contributed by atoms with Gasteiger partial charge in [0.25, 0.3) is 0 Å². The smallest absolute Gasteiger partial charge is 0.232 e. The number of hydrogen-bond acceptors (Lipinski definition) is 7. The fourth-order valence-electron chi connectivity index (χ4n) is 3.80. The quantitative estimate of drug-likeness (QED) is 0.619. The molecule has 2 aliphatic rings. The Labute approximate surface area is 179 Å². The lowest BCUT2D eigenvalue weighted by Crippen LogP contribution is -2.24. The number of anilines is 1. The maximum Gasteiger partial charge on any atom is 0.232 e. The summed E-state index contributed by atoms with van der Waals surface area (Å²) in [7, 11) is 0. The van der Waals surface area contributed by atoms with Gasteiger partial charge >= 0.3 is 0 Å². The fourth-order valence-corrected chi connectivity index (χ4v) is 3.80. The largest absolute Gasteiger partial charge is 0.491 e. The van der Waals surface area contributed by atoms with Gasteiger partial charge in [-0.3, -0.25) is 4.79 Å². The molecule has 0 bridgehead atoms. The number of ether oxygens (including phenoxy) is 3. The highest BCUT2D eigenvalue weighted by molar-refractivity contribution is 5.96. The van der Waals surface area contributed by atoms with Crippen LogP contribution in [0.4, 0.5) is 5.69 Å². The van der Waals surface area contributed by atoms with Crippen LogP contribution in [-0.2, 0) is 4.79 Å². The Balaban J connectivity index is 1.31. The summed E-state index contributed by atoms with van der Waals surface area (Å²) in [4.78, 5) is 18.9. The summed E-state index contributed by atoms with van der Waals surface area (Å²) in [5.74, 6) is 2.96. The van der Waals surface area contributed by atoms with E-state index < -0.39 is 0 Å². The van der Waals surface area contributed by atoms with Gasteiger partial charge in [-0.2, -0.15) is 4.98 Å². The minimum Gasteiger partial charge on any atom is -0.491 e. The van der Waals surface area contributed by atoms with Gasteiger partial charge in [-0.1, -0.05) is 5.16 Å². The molecule has 160 valence electrons. The molecule has 1 amide bonds. The molecule has 0 saturated carbocycles. The Morgan fingerprint density at radius 3 is 2.61 bits per heavy atom. The summed E-state index contributed by atoms with van der Waals surface area (Å²) in [6.45, 7) is 5.47. The van der Waals surface area contributed by atoms with Crippen molar-refractivity contribution in [3.63, 3.8) is 0 Å². The third kappa shape index (κ3) is 3.93. The van der Waals surface area contributed by atoms with Gasteiger partial charge in [-0.15, -0.1) is 0 Å². The molecule has 1 fully saturated rings. The number of aromatic nitrogens is 2. The number of carbonyl (C=O) groups is 1. The maximum absolute atomic E-state index is 12.7. The molecule has 0 aliphatic carbocycles. The molecule has 1 aromatic heterocycles. The minimum atomic E-state index is -0.162. The van der Waals surface area contributed by atoms with E-state index in [4.69, 9.17) is 18.7 Å². The van der Waals surface area contributed by atoms with Crippen molar-refractivity contribution >= 4 is 11.6 Å². The normalized spacial score (nSPS) is 18.0. The highest BCUT2D eigenvalue weighted by Gasteiger charge is 2.35. The van der Waals surface area contributed by atoms with Crippen LogP contribution in [0.15, 0.2) is 47.0 Å². The van der Waals surface area contributed by atoms with Crippen molar-refractivity contribution in [1.82, 2.24) is 10.1 Å². The lowest BCUT2D eigenvalue weighted by atomic mass is 10.1. The van der Waals surface area contributed by atoms with Crippen LogP contribution in [0.25, 0.3) is 11.4 Å². The van der Waals surface area contributed by atoms with E-state index in [-0.39, 0.29) is 17.9 Å². The first-order chi connectivity index (χ1) is 15.1. The van der Waals surface area contributed by atoms with E-state index in [1.165, 1.54) is 0 Å². The molecule has 0 radical (unpaired) electrons. The zero-order valence-corrected chi connectivity index (χ0v) is 17.4. The van der Waals surface area contributed by atoms with Crippen LogP contribution in [-0.4, -0.2) is 41.9 Å². The summed E-state index contributed by atoms with van der Waals surface area (Å²) in [5.41, 5.74) is 1.61. The Morgan fingerprint density at radius 1 is 1.06 bits per heavy atom. The van der Waals surface area contributed by atoms with E-state index in [9.17, 15) is 4.79 Å². The van der Waals surface area contributed by atoms with Crippen LogP contribution in [0.2, 0.25) is 0 Å². The van der Waals surface area contributed by atoms with Gasteiger partial charge in [0.05, 0.1) is 12.0 Å². The first-order valence-electron chi connectivity index (χ1n) is 10.4. The second-order valence-electron chi connectivity index (χ2n) is 7.88. The van der Waals surface area contributed by atoms with Gasteiger partial charge in [0.1, 0.15) is 19.0 Å². The third-order valence-corrected chi connectivity index (χ3v) is 5.24. The lowest BCUT2D eigenvalue weighted by molar-refractivity contribution is -0.117. The Hall–Kier alpha value is -3.55. The highest BCUT2D eigenvalue weighted by atomic mass is 16.6. The summed E-state index contributed by atoms with van der Waals surface area (Å²) < 4.78 is 22.4. The number of fused-ring (bicyclic) bond motifs is 1. The number of amides is 1. The molecule has 0 spiro atoms. The van der Waals surface area contributed by atoms with Crippen LogP contribution in [0.5, 0.6) is 17.2 Å². The van der Waals surface area contributed by atoms with Crippen LogP contribution < -0.4 is 19.1 Å². The molecule has 5 rings (SSSR count). The van der Waals surface area contributed by atoms with Crippen molar-refractivity contribution in [2.75, 3.05) is 24.7 Å². The van der Waals surface area contributed by atoms with Gasteiger partial charge in [0, 0.05) is 30.3 Å². The second-order valence-corrected chi connectivity index (χ2v) is 7.88. The molecule has 8 heteroatoms. The van der Waals surface area contributed by atoms with E-state index in [0.29, 0.717) is 49.4 Å². The minimum absolute atomic E-state index is 0.0108. The number of nitrogens with zero attached hydrogens (tertiary/aromatic N) is 3. The summed E-state index contributed by atoms with van der Waals surface area (Å²) in [6, 6.07) is 13.1. The third-order valence-electron chi connectivity index (χ3n) is 5.24. The van der Waals surface area contributed by atoms with Crippen LogP contribution in [0.1, 0.15) is 32.1 Å². The fraction of sp³-hybridized carbons (Fsp3) is 0.348. The van der Waals surface area contributed by atoms with E-state index in [1.54, 1.807) is 4.90 Å². The number of rotatable bonds is 5. The summed E-state index contributed by atoms with van der Waals surface area (Å²) in [5, 5.41) is 4.11. The van der Waals surface area contributed by atoms with Crippen LogP contribution in [0.3, 0.4) is 0 Å². The molecule has 1 saturated heterocycles. The van der Waals surface area contributed by atoms with Gasteiger partial charge in [-0.25, -0.2) is 0 Å². The van der Waals surface area contributed by atoms with E-state index in [2.05, 4.69) is 10.1 Å². The molecular formula is C23H23N3O5. The standard InChI is InChI=1S/C23H23N3O5/c1-14(2)30-18-6-3-15(4-7-18)22-24-23(31-25-22)16-11-21(27)26(13-16)17-5-8-19-20(12-17)29-10-9-28-19/h3-8,12,14,16H,9-11,13H2,1-2H3. The molecule has 1 unspecified atom stereocenters. The molecule has 2 aliphatic heterocycles. The predicted octanol–water partition coefficient (Wildman–Crippen LogP) is 3.82. The van der Waals surface area contributed by atoms with E-state index in [1.807, 2.05) is 56.3 Å². The highest BCUT2D eigenvalue weighted by Crippen LogP contribution is 2.37. The van der Waals surface area contributed by atoms with Crippen molar-refractivity contribution in [2.45, 2.75) is 32.3 Å². The average molecular weight is 421 g/mol. The predicted molar refractivity (Wildman–Crippen MR) is 113 cm³/mol. The van der Waals surface area contributed by atoms with Crippen molar-refractivity contribution in [3.05, 3.63) is 48.4 Å². The zero-order valence-electron chi connectivity index (χ0n) is 17.4. The number of carbonyl (C=O) groups excluding carboxylic acids is 1. The molecule has 0 N–H and O–H groups in total. The monoisotopic (exact) mass is 421 g/mol. The molecule has 2 aromatic carbocycles. The Bertz CT molecular complexity index is 1090. The van der Waals surface area contributed by atoms with Crippen LogP contribution >= 0.6 is 0 Å². The van der Waals surface area contributed by atoms with Crippen molar-refractivity contribution in [2.24, 2.45) is 0 Å². The number of hydrogen-bond donors (Lipinski definition) is 0. The SMILES string of the molecule is CC(C)Oc1ccc(-c2noc(C3CC(=O)N(c4ccc5c(c4)OCCO5)C3)n2)cc1. The van der Waals surface area contributed by atoms with Crippen molar-refractivity contribution in [1.29, 1.82) is 0 Å². The molecule has 1 atom stereocenters. The van der Waals surface area contributed by atoms with Crippen molar-refractivity contribution < 1.29 is 23.5 Å². The lowest BCUT2D eigenvalue weighted by Gasteiger charge is -2.22. The van der Waals surface area contributed by atoms with Gasteiger partial charge in [0.2, 0.25) is 17.6 Å². The van der Waals surface area contributed by atoms with E-state index >= 15 is 0 Å². The second kappa shape index (κ2) is 7.94. The first kappa shape index (κ1) is 19.4. The van der Waals surface area contributed by atoms with Gasteiger partial charge in [0.15, 0.2) is 11.5 Å². The first-order valence-corrected chi connectivity index (χ1v) is 10.4. The topological polar surface area (TPSA) is 86.9 Å². The molecule has 3 heterocycles. The van der Waals surface area contributed by atoms with Gasteiger partial charge in [-0.05, 0) is 50.2 Å². The van der Waals surface area contributed by atoms with Crippen molar-refractivity contribution in [3.8, 4) is 28.6 Å². The van der Waals surface area contributed by atoms with Gasteiger partial charge < -0.3 is 23.6 Å². The summed E-state index contributed by atoms with van der Waals surface area (Å²) in [6.07, 6.45) is 0.428. The molecule has 31 heavy (non-hydrogen) atoms. The zero-order chi connectivity index (χ0) is 21.4. The summed E-state index contributed by atoms with van der Waals surface area (Å²) >= 11 is 0. The molecular weight excluding hydrogens is 398 g/mol. The molecule has 8 nitrogen and oxygen atoms in total. The Morgan fingerprint density at radius 2 is 1.84 bits per heavy atom. The Kier molecular flexibility index (Phi) is 4.97. The van der Waals surface area contributed by atoms with E-state index in [0.717, 1.165) is 17.0 Å². The maximum atomic E-state index is 12.7. The van der Waals surface area contributed by atoms with Crippen LogP contribution in [0, 0.1) is 0 Å². The number of benzene rings is 2.